The minimum absolute atomic E-state index is 0.0672. The molecule has 0 bridgehead atoms. The molecule has 0 saturated carbocycles. The van der Waals surface area contributed by atoms with Gasteiger partial charge in [0.15, 0.2) is 0 Å². The molecule has 1 amide bonds. The van der Waals surface area contributed by atoms with Gasteiger partial charge in [0.25, 0.3) is 5.56 Å². The molecule has 2 aromatic carbocycles. The molecule has 5 nitrogen and oxygen atoms in total. The Labute approximate surface area is 155 Å². The van der Waals surface area contributed by atoms with Crippen LogP contribution in [0.2, 0.25) is 0 Å². The summed E-state index contributed by atoms with van der Waals surface area (Å²) in [5, 5.41) is 3.28. The second-order valence-corrected chi connectivity index (χ2v) is 7.08. The van der Waals surface area contributed by atoms with Gasteiger partial charge in [0.2, 0.25) is 5.91 Å². The van der Waals surface area contributed by atoms with Gasteiger partial charge < -0.3 is 5.32 Å². The van der Waals surface area contributed by atoms with E-state index < -0.39 is 0 Å². The van der Waals surface area contributed by atoms with Gasteiger partial charge in [0.1, 0.15) is 6.54 Å². The van der Waals surface area contributed by atoms with Crippen molar-refractivity contribution in [1.29, 1.82) is 0 Å². The molecule has 0 atom stereocenters. The number of nitrogens with zero attached hydrogens (tertiary/aromatic N) is 2. The maximum Gasteiger partial charge on any atom is 0.261 e. The first kappa shape index (κ1) is 16.9. The maximum absolute atomic E-state index is 12.5. The van der Waals surface area contributed by atoms with Crippen LogP contribution < -0.4 is 10.9 Å². The van der Waals surface area contributed by atoms with E-state index in [0.29, 0.717) is 17.4 Å². The summed E-state index contributed by atoms with van der Waals surface area (Å²) in [7, 11) is 0. The van der Waals surface area contributed by atoms with E-state index in [1.54, 1.807) is 12.1 Å². The van der Waals surface area contributed by atoms with Gasteiger partial charge in [-0.3, -0.25) is 14.2 Å². The van der Waals surface area contributed by atoms with Crippen LogP contribution in [0.15, 0.2) is 62.5 Å². The highest BCUT2D eigenvalue weighted by atomic mass is 79.9. The number of fused-ring (bicyclic) bond motifs is 1. The fourth-order valence-corrected chi connectivity index (χ4v) is 3.11. The third kappa shape index (κ3) is 3.91. The molecule has 0 aliphatic heterocycles. The fourth-order valence-electron chi connectivity index (χ4n) is 2.30. The number of amides is 1. The molecule has 0 aliphatic carbocycles. The number of hydrogen-bond acceptors (Lipinski definition) is 3. The van der Waals surface area contributed by atoms with Crippen LogP contribution in [0.25, 0.3) is 10.9 Å². The first-order valence-corrected chi connectivity index (χ1v) is 8.77. The molecule has 7 heteroatoms. The van der Waals surface area contributed by atoms with Crippen molar-refractivity contribution >= 4 is 48.7 Å². The van der Waals surface area contributed by atoms with Crippen molar-refractivity contribution in [3.63, 3.8) is 0 Å². The molecule has 0 radical (unpaired) electrons. The third-order valence-electron chi connectivity index (χ3n) is 3.48. The molecule has 3 rings (SSSR count). The summed E-state index contributed by atoms with van der Waals surface area (Å²) >= 11 is 6.73. The van der Waals surface area contributed by atoms with E-state index in [1.165, 1.54) is 10.9 Å². The van der Waals surface area contributed by atoms with Gasteiger partial charge >= 0.3 is 0 Å². The topological polar surface area (TPSA) is 64.0 Å². The molecule has 1 N–H and O–H groups in total. The molecular formula is C17H13Br2N3O2. The molecule has 24 heavy (non-hydrogen) atoms. The second kappa shape index (κ2) is 7.27. The fraction of sp³-hybridized carbons (Fsp3) is 0.118. The smallest absolute Gasteiger partial charge is 0.261 e. The first-order chi connectivity index (χ1) is 11.5. The summed E-state index contributed by atoms with van der Waals surface area (Å²) in [5.41, 5.74) is 1.35. The van der Waals surface area contributed by atoms with Crippen molar-refractivity contribution in [1.82, 2.24) is 14.9 Å². The van der Waals surface area contributed by atoms with Crippen molar-refractivity contribution in [2.24, 2.45) is 0 Å². The average molecular weight is 451 g/mol. The highest BCUT2D eigenvalue weighted by molar-refractivity contribution is 9.10. The monoisotopic (exact) mass is 449 g/mol. The van der Waals surface area contributed by atoms with Crippen LogP contribution in [0.4, 0.5) is 0 Å². The summed E-state index contributed by atoms with van der Waals surface area (Å²) in [5.74, 6) is -0.242. The Kier molecular flexibility index (Phi) is 5.11. The van der Waals surface area contributed by atoms with E-state index in [4.69, 9.17) is 0 Å². The number of hydrogen-bond donors (Lipinski definition) is 1. The zero-order chi connectivity index (χ0) is 17.1. The van der Waals surface area contributed by atoms with Crippen molar-refractivity contribution in [2.75, 3.05) is 0 Å². The van der Waals surface area contributed by atoms with Crippen LogP contribution in [-0.2, 0) is 17.9 Å². The zero-order valence-corrected chi connectivity index (χ0v) is 15.7. The Morgan fingerprint density at radius 2 is 1.92 bits per heavy atom. The number of benzene rings is 2. The highest BCUT2D eigenvalue weighted by Crippen LogP contribution is 2.15. The summed E-state index contributed by atoms with van der Waals surface area (Å²) < 4.78 is 3.06. The first-order valence-electron chi connectivity index (χ1n) is 7.19. The van der Waals surface area contributed by atoms with Gasteiger partial charge in [-0.05, 0) is 35.9 Å². The predicted octanol–water partition coefficient (Wildman–Crippen LogP) is 3.24. The number of carbonyl (C=O) groups excluding carboxylic acids is 1. The van der Waals surface area contributed by atoms with E-state index in [1.807, 2.05) is 30.3 Å². The predicted molar refractivity (Wildman–Crippen MR) is 99.7 cm³/mol. The van der Waals surface area contributed by atoms with E-state index in [9.17, 15) is 9.59 Å². The van der Waals surface area contributed by atoms with Crippen molar-refractivity contribution in [3.8, 4) is 0 Å². The lowest BCUT2D eigenvalue weighted by molar-refractivity contribution is -0.121. The molecule has 0 aliphatic rings. The van der Waals surface area contributed by atoms with Gasteiger partial charge in [-0.2, -0.15) is 0 Å². The molecule has 3 aromatic rings. The molecule has 1 aromatic heterocycles. The van der Waals surface area contributed by atoms with Crippen molar-refractivity contribution < 1.29 is 4.79 Å². The summed E-state index contributed by atoms with van der Waals surface area (Å²) in [6.45, 7) is 0.335. The Morgan fingerprint density at radius 1 is 1.12 bits per heavy atom. The molecule has 0 saturated heterocycles. The van der Waals surface area contributed by atoms with Crippen LogP contribution in [-0.4, -0.2) is 15.5 Å². The lowest BCUT2D eigenvalue weighted by Gasteiger charge is -2.08. The Balaban J connectivity index is 1.73. The van der Waals surface area contributed by atoms with Crippen LogP contribution in [0.3, 0.4) is 0 Å². The molecule has 0 fully saturated rings. The summed E-state index contributed by atoms with van der Waals surface area (Å²) in [6, 6.07) is 13.0. The second-order valence-electron chi connectivity index (χ2n) is 5.25. The SMILES string of the molecule is O=C(Cn1cnc2ccc(Br)cc2c1=O)NCc1cccc(Br)c1. The largest absolute Gasteiger partial charge is 0.350 e. The van der Waals surface area contributed by atoms with Crippen molar-refractivity contribution in [2.45, 2.75) is 13.1 Å². The normalized spacial score (nSPS) is 10.8. The van der Waals surface area contributed by atoms with Crippen LogP contribution in [0, 0.1) is 0 Å². The van der Waals surface area contributed by atoms with Gasteiger partial charge in [-0.25, -0.2) is 4.98 Å². The molecule has 0 spiro atoms. The Bertz CT molecular complexity index is 969. The quantitative estimate of drug-likeness (QED) is 0.663. The molecule has 0 unspecified atom stereocenters. The van der Waals surface area contributed by atoms with Gasteiger partial charge in [-0.15, -0.1) is 0 Å². The Morgan fingerprint density at radius 3 is 2.71 bits per heavy atom. The van der Waals surface area contributed by atoms with Gasteiger partial charge in [0.05, 0.1) is 17.2 Å². The summed E-state index contributed by atoms with van der Waals surface area (Å²) in [4.78, 5) is 28.8. The minimum atomic E-state index is -0.242. The lowest BCUT2D eigenvalue weighted by Crippen LogP contribution is -2.32. The highest BCUT2D eigenvalue weighted by Gasteiger charge is 2.08. The molecule has 1 heterocycles. The van der Waals surface area contributed by atoms with E-state index in [0.717, 1.165) is 14.5 Å². The summed E-state index contributed by atoms with van der Waals surface area (Å²) in [6.07, 6.45) is 1.40. The molecular weight excluding hydrogens is 438 g/mol. The zero-order valence-electron chi connectivity index (χ0n) is 12.5. The maximum atomic E-state index is 12.5. The van der Waals surface area contributed by atoms with Crippen LogP contribution in [0.5, 0.6) is 0 Å². The minimum Gasteiger partial charge on any atom is -0.350 e. The Hall–Kier alpha value is -1.99. The van der Waals surface area contributed by atoms with E-state index in [-0.39, 0.29) is 18.0 Å². The third-order valence-corrected chi connectivity index (χ3v) is 4.47. The standard InChI is InChI=1S/C17H13Br2N3O2/c18-12-3-1-2-11(6-12)8-20-16(23)9-22-10-21-15-5-4-13(19)7-14(15)17(22)24/h1-7,10H,8-9H2,(H,20,23). The number of aromatic nitrogens is 2. The molecule has 122 valence electrons. The lowest BCUT2D eigenvalue weighted by atomic mass is 10.2. The van der Waals surface area contributed by atoms with Crippen LogP contribution >= 0.6 is 31.9 Å². The van der Waals surface area contributed by atoms with Crippen LogP contribution in [0.1, 0.15) is 5.56 Å². The van der Waals surface area contributed by atoms with Crippen molar-refractivity contribution in [3.05, 3.63) is 73.7 Å². The van der Waals surface area contributed by atoms with E-state index >= 15 is 0 Å². The van der Waals surface area contributed by atoms with Gasteiger partial charge in [0, 0.05) is 15.5 Å². The average Bonchev–Trinajstić information content (AvgIpc) is 2.56. The number of carbonyl (C=O) groups is 1. The number of halogens is 2. The number of nitrogens with one attached hydrogen (secondary N) is 1. The van der Waals surface area contributed by atoms with E-state index in [2.05, 4.69) is 42.2 Å². The van der Waals surface area contributed by atoms with Gasteiger partial charge in [-0.1, -0.05) is 44.0 Å². The number of rotatable bonds is 4.